The quantitative estimate of drug-likeness (QED) is 0.209. The lowest BCUT2D eigenvalue weighted by Gasteiger charge is -2.32. The highest BCUT2D eigenvalue weighted by Gasteiger charge is 2.28. The second kappa shape index (κ2) is 14.2. The van der Waals surface area contributed by atoms with Crippen LogP contribution < -0.4 is 4.74 Å². The smallest absolute Gasteiger partial charge is 0.134 e. The summed E-state index contributed by atoms with van der Waals surface area (Å²) in [7, 11) is 0. The Kier molecular flexibility index (Phi) is 10.9. The zero-order valence-corrected chi connectivity index (χ0v) is 27.1. The number of benzene rings is 3. The van der Waals surface area contributed by atoms with Crippen molar-refractivity contribution in [1.29, 1.82) is 0 Å². The Bertz CT molecular complexity index is 1300. The minimum absolute atomic E-state index is 0.0736. The first kappa shape index (κ1) is 32.2. The molecule has 0 aromatic heterocycles. The zero-order chi connectivity index (χ0) is 30.4. The maximum absolute atomic E-state index is 15.9. The molecule has 1 aliphatic carbocycles. The number of halogens is 2. The first-order valence-corrected chi connectivity index (χ1v) is 16.6. The van der Waals surface area contributed by atoms with Gasteiger partial charge in [0.2, 0.25) is 0 Å². The van der Waals surface area contributed by atoms with E-state index in [-0.39, 0.29) is 11.0 Å². The zero-order valence-electron chi connectivity index (χ0n) is 27.1. The molecule has 228 valence electrons. The second-order valence-electron chi connectivity index (χ2n) is 12.7. The molecule has 1 nitrogen and oxygen atoms in total. The summed E-state index contributed by atoms with van der Waals surface area (Å²) in [5.41, 5.74) is 6.73. The van der Waals surface area contributed by atoms with Crippen molar-refractivity contribution >= 4 is 0 Å². The summed E-state index contributed by atoms with van der Waals surface area (Å²) in [6.07, 6.45) is 10.3. The highest BCUT2D eigenvalue weighted by Crippen LogP contribution is 2.42. The molecule has 4 rings (SSSR count). The Morgan fingerprint density at radius 1 is 0.714 bits per heavy atom. The van der Waals surface area contributed by atoms with Gasteiger partial charge < -0.3 is 4.74 Å². The average Bonchev–Trinajstić information content (AvgIpc) is 3.01. The number of rotatable bonds is 12. The SMILES string of the molecule is CCc1cc(-c2c(F)cc(-c3ccc(C4CCC(C)CC4)cc3)cc2F)c(CC)c(CC)c1OCC(CC)(CC)CC. The molecule has 3 aromatic rings. The van der Waals surface area contributed by atoms with Crippen LogP contribution >= 0.6 is 0 Å². The number of ether oxygens (including phenoxy) is 1. The summed E-state index contributed by atoms with van der Waals surface area (Å²) in [4.78, 5) is 0. The fraction of sp³-hybridized carbons (Fsp3) is 0.538. The van der Waals surface area contributed by atoms with E-state index in [2.05, 4.69) is 60.6 Å². The summed E-state index contributed by atoms with van der Waals surface area (Å²) < 4.78 is 38.5. The van der Waals surface area contributed by atoms with Crippen LogP contribution in [0.4, 0.5) is 8.78 Å². The van der Waals surface area contributed by atoms with E-state index in [1.807, 2.05) is 18.2 Å². The molecule has 0 atom stereocenters. The van der Waals surface area contributed by atoms with Gasteiger partial charge in [0.25, 0.3) is 0 Å². The molecule has 1 fully saturated rings. The first-order chi connectivity index (χ1) is 20.2. The number of aryl methyl sites for hydroxylation is 1. The van der Waals surface area contributed by atoms with Gasteiger partial charge in [-0.2, -0.15) is 0 Å². The largest absolute Gasteiger partial charge is 0.492 e. The van der Waals surface area contributed by atoms with Gasteiger partial charge in [0, 0.05) is 5.41 Å². The van der Waals surface area contributed by atoms with Crippen molar-refractivity contribution in [2.75, 3.05) is 6.61 Å². The van der Waals surface area contributed by atoms with Crippen LogP contribution in [0.15, 0.2) is 42.5 Å². The minimum atomic E-state index is -0.509. The van der Waals surface area contributed by atoms with Crippen LogP contribution in [0.1, 0.15) is 122 Å². The molecule has 0 unspecified atom stereocenters. The molecule has 1 aliphatic rings. The lowest BCUT2D eigenvalue weighted by molar-refractivity contribution is 0.126. The van der Waals surface area contributed by atoms with E-state index in [4.69, 9.17) is 4.74 Å². The van der Waals surface area contributed by atoms with Crippen LogP contribution in [-0.4, -0.2) is 6.61 Å². The third-order valence-corrected chi connectivity index (χ3v) is 10.5. The summed E-state index contributed by atoms with van der Waals surface area (Å²) in [5, 5.41) is 0. The molecule has 0 aliphatic heterocycles. The van der Waals surface area contributed by atoms with Crippen LogP contribution in [0.25, 0.3) is 22.3 Å². The molecule has 0 amide bonds. The van der Waals surface area contributed by atoms with Crippen molar-refractivity contribution in [3.8, 4) is 28.0 Å². The molecule has 0 spiro atoms. The normalized spacial score (nSPS) is 17.5. The van der Waals surface area contributed by atoms with Crippen LogP contribution in [0, 0.1) is 23.0 Å². The summed E-state index contributed by atoms with van der Waals surface area (Å²) >= 11 is 0. The molecule has 3 heteroatoms. The van der Waals surface area contributed by atoms with Gasteiger partial charge in [-0.3, -0.25) is 0 Å². The van der Waals surface area contributed by atoms with Gasteiger partial charge in [-0.1, -0.05) is 85.6 Å². The monoisotopic (exact) mass is 574 g/mol. The Morgan fingerprint density at radius 2 is 1.29 bits per heavy atom. The van der Waals surface area contributed by atoms with Crippen LogP contribution in [0.3, 0.4) is 0 Å². The highest BCUT2D eigenvalue weighted by molar-refractivity contribution is 5.76. The molecular weight excluding hydrogens is 522 g/mol. The lowest BCUT2D eigenvalue weighted by Crippen LogP contribution is -2.27. The van der Waals surface area contributed by atoms with Crippen molar-refractivity contribution in [2.24, 2.45) is 11.3 Å². The number of hydrogen-bond donors (Lipinski definition) is 0. The van der Waals surface area contributed by atoms with E-state index in [9.17, 15) is 0 Å². The predicted octanol–water partition coefficient (Wildman–Crippen LogP) is 11.9. The predicted molar refractivity (Wildman–Crippen MR) is 175 cm³/mol. The van der Waals surface area contributed by atoms with E-state index in [1.54, 1.807) is 0 Å². The molecular formula is C39H52F2O. The standard InChI is InChI=1S/C39H52F2O/c1-8-27-22-34(32(9-2)33(10-3)38(27)42-25-39(11-4,12-5)13-6)37-35(40)23-31(24-36(37)41)30-20-18-29(19-21-30)28-16-14-26(7)15-17-28/h18-24,26,28H,8-17,25H2,1-7H3. The third-order valence-electron chi connectivity index (χ3n) is 10.5. The van der Waals surface area contributed by atoms with Crippen LogP contribution in [0.5, 0.6) is 5.75 Å². The van der Waals surface area contributed by atoms with Crippen molar-refractivity contribution in [2.45, 2.75) is 119 Å². The van der Waals surface area contributed by atoms with Gasteiger partial charge in [-0.15, -0.1) is 0 Å². The molecule has 0 saturated heterocycles. The van der Waals surface area contributed by atoms with Gasteiger partial charge in [-0.05, 0) is 120 Å². The van der Waals surface area contributed by atoms with Crippen molar-refractivity contribution in [3.05, 3.63) is 76.4 Å². The Hall–Kier alpha value is -2.68. The maximum atomic E-state index is 15.9. The number of hydrogen-bond acceptors (Lipinski definition) is 1. The van der Waals surface area contributed by atoms with Gasteiger partial charge in [0.1, 0.15) is 17.4 Å². The Morgan fingerprint density at radius 3 is 1.79 bits per heavy atom. The molecule has 3 aromatic carbocycles. The van der Waals surface area contributed by atoms with Gasteiger partial charge >= 0.3 is 0 Å². The molecule has 0 bridgehead atoms. The van der Waals surface area contributed by atoms with Crippen LogP contribution in [0.2, 0.25) is 0 Å². The summed E-state index contributed by atoms with van der Waals surface area (Å²) in [6.45, 7) is 16.0. The van der Waals surface area contributed by atoms with Gasteiger partial charge in [0.15, 0.2) is 0 Å². The van der Waals surface area contributed by atoms with E-state index >= 15 is 8.78 Å². The van der Waals surface area contributed by atoms with Crippen molar-refractivity contribution < 1.29 is 13.5 Å². The molecule has 0 radical (unpaired) electrons. The third kappa shape index (κ3) is 6.61. The lowest BCUT2D eigenvalue weighted by atomic mass is 9.79. The van der Waals surface area contributed by atoms with E-state index in [0.717, 1.165) is 66.0 Å². The van der Waals surface area contributed by atoms with E-state index < -0.39 is 11.6 Å². The topological polar surface area (TPSA) is 9.23 Å². The fourth-order valence-corrected chi connectivity index (χ4v) is 7.08. The average molecular weight is 575 g/mol. The highest BCUT2D eigenvalue weighted by atomic mass is 19.1. The molecule has 1 saturated carbocycles. The van der Waals surface area contributed by atoms with Crippen molar-refractivity contribution in [3.63, 3.8) is 0 Å². The van der Waals surface area contributed by atoms with Gasteiger partial charge in [-0.25, -0.2) is 8.78 Å². The Labute approximate surface area is 254 Å². The van der Waals surface area contributed by atoms with Crippen molar-refractivity contribution in [1.82, 2.24) is 0 Å². The fourth-order valence-electron chi connectivity index (χ4n) is 7.08. The first-order valence-electron chi connectivity index (χ1n) is 16.6. The Balaban J connectivity index is 1.70. The van der Waals surface area contributed by atoms with E-state index in [0.29, 0.717) is 30.1 Å². The molecule has 42 heavy (non-hydrogen) atoms. The summed E-state index contributed by atoms with van der Waals surface area (Å²) in [5.74, 6) is 1.31. The minimum Gasteiger partial charge on any atom is -0.492 e. The molecule has 0 heterocycles. The van der Waals surface area contributed by atoms with Crippen LogP contribution in [-0.2, 0) is 19.3 Å². The summed E-state index contributed by atoms with van der Waals surface area (Å²) in [6, 6.07) is 13.4. The maximum Gasteiger partial charge on any atom is 0.134 e. The molecule has 0 N–H and O–H groups in total. The second-order valence-corrected chi connectivity index (χ2v) is 12.7. The van der Waals surface area contributed by atoms with Gasteiger partial charge in [0.05, 0.1) is 12.2 Å². The van der Waals surface area contributed by atoms with E-state index in [1.165, 1.54) is 43.4 Å².